The predicted octanol–water partition coefficient (Wildman–Crippen LogP) is 1.64. The third kappa shape index (κ3) is 0.695. The van der Waals surface area contributed by atoms with Gasteiger partial charge in [-0.05, 0) is 11.4 Å². The molecule has 0 saturated heterocycles. The molecule has 0 aromatic rings. The normalized spacial score (nSPS) is 10.2. The third-order valence-electron chi connectivity index (χ3n) is 1.16. The summed E-state index contributed by atoms with van der Waals surface area (Å²) >= 11 is 1.66. The van der Waals surface area contributed by atoms with E-state index in [1.807, 2.05) is 16.8 Å². The average Bonchev–Trinajstić information content (AvgIpc) is 2.33. The van der Waals surface area contributed by atoms with Gasteiger partial charge in [-0.1, -0.05) is 0 Å². The van der Waals surface area contributed by atoms with Crippen molar-refractivity contribution in [2.45, 2.75) is 0 Å². The molecular formula is C6H4N2S. The van der Waals surface area contributed by atoms with Gasteiger partial charge in [0.2, 0.25) is 0 Å². The lowest BCUT2D eigenvalue weighted by molar-refractivity contribution is 1.10. The van der Waals surface area contributed by atoms with Crippen molar-refractivity contribution in [3.8, 4) is 11.3 Å². The Balaban J connectivity index is 2.79. The van der Waals surface area contributed by atoms with Crippen LogP contribution < -0.4 is 0 Å². The maximum absolute atomic E-state index is 3.88. The van der Waals surface area contributed by atoms with Gasteiger partial charge < -0.3 is 0 Å². The van der Waals surface area contributed by atoms with Gasteiger partial charge in [0, 0.05) is 10.9 Å². The van der Waals surface area contributed by atoms with Gasteiger partial charge in [0.15, 0.2) is 0 Å². The summed E-state index contributed by atoms with van der Waals surface area (Å²) in [6.07, 6.45) is 1.77. The average molecular weight is 136 g/mol. The second kappa shape index (κ2) is 1.77. The first-order chi connectivity index (χ1) is 4.47. The summed E-state index contributed by atoms with van der Waals surface area (Å²) in [5.41, 5.74) is 2.11. The SMILES string of the molecule is c1cc2nncc-2cs1. The van der Waals surface area contributed by atoms with E-state index in [2.05, 4.69) is 10.2 Å². The molecule has 0 aromatic carbocycles. The Kier molecular flexibility index (Phi) is 0.960. The summed E-state index contributed by atoms with van der Waals surface area (Å²) in [6, 6.07) is 1.97. The van der Waals surface area contributed by atoms with E-state index in [1.54, 1.807) is 17.5 Å². The van der Waals surface area contributed by atoms with E-state index in [1.165, 1.54) is 0 Å². The van der Waals surface area contributed by atoms with Crippen LogP contribution in [0.1, 0.15) is 0 Å². The van der Waals surface area contributed by atoms with Crippen LogP contribution in [0.4, 0.5) is 0 Å². The van der Waals surface area contributed by atoms with Crippen molar-refractivity contribution in [2.24, 2.45) is 0 Å². The van der Waals surface area contributed by atoms with E-state index in [0.717, 1.165) is 11.3 Å². The lowest BCUT2D eigenvalue weighted by Crippen LogP contribution is -1.69. The molecule has 0 atom stereocenters. The fourth-order valence-electron chi connectivity index (χ4n) is 0.714. The molecule has 2 nitrogen and oxygen atoms in total. The minimum atomic E-state index is 0.980. The van der Waals surface area contributed by atoms with Crippen LogP contribution in [0.25, 0.3) is 11.3 Å². The molecule has 2 heterocycles. The zero-order valence-corrected chi connectivity index (χ0v) is 5.43. The second-order valence-corrected chi connectivity index (χ2v) is 2.52. The van der Waals surface area contributed by atoms with Crippen LogP contribution in [0.3, 0.4) is 0 Å². The van der Waals surface area contributed by atoms with Crippen LogP contribution in [-0.4, -0.2) is 10.2 Å². The maximum Gasteiger partial charge on any atom is 0.0961 e. The Hall–Kier alpha value is -0.960. The molecule has 3 heteroatoms. The molecule has 2 rings (SSSR count). The first-order valence-electron chi connectivity index (χ1n) is 2.60. The topological polar surface area (TPSA) is 25.8 Å². The second-order valence-electron chi connectivity index (χ2n) is 1.74. The molecule has 44 valence electrons. The summed E-state index contributed by atoms with van der Waals surface area (Å²) in [5, 5.41) is 11.7. The summed E-state index contributed by atoms with van der Waals surface area (Å²) in [4.78, 5) is 0. The minimum Gasteiger partial charge on any atom is -0.158 e. The van der Waals surface area contributed by atoms with Gasteiger partial charge in [0.1, 0.15) is 0 Å². The molecule has 0 aromatic heterocycles. The zero-order chi connectivity index (χ0) is 6.10. The molecule has 0 aliphatic carbocycles. The van der Waals surface area contributed by atoms with E-state index in [0.29, 0.717) is 0 Å². The van der Waals surface area contributed by atoms with Gasteiger partial charge in [-0.15, -0.1) is 0 Å². The van der Waals surface area contributed by atoms with Crippen molar-refractivity contribution in [3.05, 3.63) is 23.0 Å². The molecule has 0 bridgehead atoms. The Morgan fingerprint density at radius 3 is 3.33 bits per heavy atom. The molecule has 2 aliphatic rings. The molecule has 0 amide bonds. The Morgan fingerprint density at radius 1 is 1.44 bits per heavy atom. The Labute approximate surface area is 56.5 Å². The largest absolute Gasteiger partial charge is 0.158 e. The highest BCUT2D eigenvalue weighted by molar-refractivity contribution is 7.07. The molecule has 0 N–H and O–H groups in total. The fraction of sp³-hybridized carbons (Fsp3) is 0. The highest BCUT2D eigenvalue weighted by Crippen LogP contribution is 2.18. The molecule has 0 unspecified atom stereocenters. The third-order valence-corrected chi connectivity index (χ3v) is 1.84. The molecular weight excluding hydrogens is 132 g/mol. The smallest absolute Gasteiger partial charge is 0.0961 e. The lowest BCUT2D eigenvalue weighted by Gasteiger charge is -1.87. The first kappa shape index (κ1) is 4.88. The summed E-state index contributed by atoms with van der Waals surface area (Å²) in [7, 11) is 0. The fourth-order valence-corrected chi connectivity index (χ4v) is 1.33. The first-order valence-corrected chi connectivity index (χ1v) is 3.55. The van der Waals surface area contributed by atoms with Crippen molar-refractivity contribution in [3.63, 3.8) is 0 Å². The molecule has 0 fully saturated rings. The van der Waals surface area contributed by atoms with Gasteiger partial charge in [0.05, 0.1) is 11.9 Å². The quantitative estimate of drug-likeness (QED) is 0.550. The number of rotatable bonds is 0. The number of nitrogens with zero attached hydrogens (tertiary/aromatic N) is 2. The van der Waals surface area contributed by atoms with Crippen LogP contribution in [0, 0.1) is 0 Å². The van der Waals surface area contributed by atoms with Crippen molar-refractivity contribution in [1.29, 1.82) is 0 Å². The molecule has 0 saturated carbocycles. The van der Waals surface area contributed by atoms with Gasteiger partial charge >= 0.3 is 0 Å². The zero-order valence-electron chi connectivity index (χ0n) is 4.61. The van der Waals surface area contributed by atoms with Gasteiger partial charge in [0.25, 0.3) is 0 Å². The lowest BCUT2D eigenvalue weighted by atomic mass is 10.3. The van der Waals surface area contributed by atoms with Gasteiger partial charge in [-0.2, -0.15) is 21.5 Å². The minimum absolute atomic E-state index is 0.980. The van der Waals surface area contributed by atoms with E-state index < -0.39 is 0 Å². The van der Waals surface area contributed by atoms with Crippen LogP contribution in [0.5, 0.6) is 0 Å². The summed E-state index contributed by atoms with van der Waals surface area (Å²) in [5.74, 6) is 0. The monoisotopic (exact) mass is 136 g/mol. The van der Waals surface area contributed by atoms with Crippen molar-refractivity contribution in [1.82, 2.24) is 10.2 Å². The Bertz CT molecular complexity index is 251. The van der Waals surface area contributed by atoms with Crippen molar-refractivity contribution < 1.29 is 0 Å². The molecule has 0 radical (unpaired) electrons. The Morgan fingerprint density at radius 2 is 2.44 bits per heavy atom. The predicted molar refractivity (Wildman–Crippen MR) is 36.5 cm³/mol. The van der Waals surface area contributed by atoms with Gasteiger partial charge in [-0.3, -0.25) is 0 Å². The van der Waals surface area contributed by atoms with Crippen molar-refractivity contribution in [2.75, 3.05) is 0 Å². The van der Waals surface area contributed by atoms with E-state index in [4.69, 9.17) is 0 Å². The highest BCUT2D eigenvalue weighted by Gasteiger charge is 2.00. The van der Waals surface area contributed by atoms with E-state index in [-0.39, 0.29) is 0 Å². The van der Waals surface area contributed by atoms with E-state index in [9.17, 15) is 0 Å². The maximum atomic E-state index is 3.88. The van der Waals surface area contributed by atoms with Crippen LogP contribution >= 0.6 is 11.3 Å². The van der Waals surface area contributed by atoms with Crippen LogP contribution in [-0.2, 0) is 0 Å². The number of aromatic nitrogens is 2. The molecule has 9 heavy (non-hydrogen) atoms. The highest BCUT2D eigenvalue weighted by atomic mass is 32.1. The number of hydrogen-bond donors (Lipinski definition) is 0. The van der Waals surface area contributed by atoms with Crippen LogP contribution in [0.15, 0.2) is 23.0 Å². The van der Waals surface area contributed by atoms with Gasteiger partial charge in [-0.25, -0.2) is 0 Å². The van der Waals surface area contributed by atoms with Crippen LogP contribution in [0.2, 0.25) is 0 Å². The molecule has 0 spiro atoms. The van der Waals surface area contributed by atoms with Crippen molar-refractivity contribution >= 4 is 11.3 Å². The summed E-state index contributed by atoms with van der Waals surface area (Å²) < 4.78 is 0. The molecule has 2 aliphatic heterocycles. The number of hydrogen-bond acceptors (Lipinski definition) is 3. The standard InChI is InChI=1S/C6H4N2S/c1-2-9-4-5-3-7-8-6(1)5/h1-4H. The summed E-state index contributed by atoms with van der Waals surface area (Å²) in [6.45, 7) is 0. The number of fused-ring (bicyclic) bond motifs is 1. The van der Waals surface area contributed by atoms with E-state index >= 15 is 0 Å².